The molecule has 0 radical (unpaired) electrons. The zero-order valence-corrected chi connectivity index (χ0v) is 19.9. The lowest BCUT2D eigenvalue weighted by molar-refractivity contribution is -0.0432. The number of nitrogens with two attached hydrogens (primary N) is 1. The summed E-state index contributed by atoms with van der Waals surface area (Å²) in [7, 11) is 0. The number of fused-ring (bicyclic) bond motifs is 2. The van der Waals surface area contributed by atoms with Crippen molar-refractivity contribution in [3.63, 3.8) is 0 Å². The van der Waals surface area contributed by atoms with E-state index in [1.165, 1.54) is 0 Å². The number of pyridine rings is 1. The highest BCUT2D eigenvalue weighted by Gasteiger charge is 2.32. The first-order valence-electron chi connectivity index (χ1n) is 9.97. The van der Waals surface area contributed by atoms with Gasteiger partial charge in [0.05, 0.1) is 5.52 Å². The molecular weight excluding hydrogens is 466 g/mol. The van der Waals surface area contributed by atoms with Crippen LogP contribution in [0.2, 0.25) is 0 Å². The van der Waals surface area contributed by atoms with E-state index in [4.69, 9.17) is 20.2 Å². The zero-order valence-electron chi connectivity index (χ0n) is 17.5. The highest BCUT2D eigenvalue weighted by molar-refractivity contribution is 9.10. The fourth-order valence-corrected chi connectivity index (χ4v) is 4.90. The van der Waals surface area contributed by atoms with Gasteiger partial charge >= 0.3 is 0 Å². The molecule has 0 spiro atoms. The van der Waals surface area contributed by atoms with Crippen LogP contribution in [0.1, 0.15) is 34.1 Å². The molecule has 3 aromatic rings. The maximum absolute atomic E-state index is 6.11. The van der Waals surface area contributed by atoms with Crippen molar-refractivity contribution >= 4 is 44.5 Å². The Bertz CT molecular complexity index is 1080. The summed E-state index contributed by atoms with van der Waals surface area (Å²) in [5.74, 6) is 1.25. The number of anilines is 1. The van der Waals surface area contributed by atoms with Crippen molar-refractivity contribution in [2.45, 2.75) is 62.5 Å². The number of benzene rings is 1. The van der Waals surface area contributed by atoms with Gasteiger partial charge in [-0.1, -0.05) is 25.6 Å². The summed E-state index contributed by atoms with van der Waals surface area (Å²) in [6.07, 6.45) is 2.71. The highest BCUT2D eigenvalue weighted by Crippen LogP contribution is 2.46. The molecule has 9 heteroatoms. The molecule has 0 fully saturated rings. The van der Waals surface area contributed by atoms with Gasteiger partial charge in [-0.3, -0.25) is 0 Å². The van der Waals surface area contributed by atoms with E-state index in [9.17, 15) is 0 Å². The SMILES string of the molecule is CC(C)NCCCn1c(Sc2cc3c(cc2Br)OC(C)(C)O3)nc2c(N)nccc21. The van der Waals surface area contributed by atoms with Crippen molar-refractivity contribution in [3.8, 4) is 11.5 Å². The van der Waals surface area contributed by atoms with Gasteiger partial charge in [0.15, 0.2) is 22.5 Å². The van der Waals surface area contributed by atoms with Crippen molar-refractivity contribution in [2.75, 3.05) is 12.3 Å². The molecule has 4 rings (SSSR count). The minimum Gasteiger partial charge on any atom is -0.449 e. The summed E-state index contributed by atoms with van der Waals surface area (Å²) < 4.78 is 14.9. The maximum atomic E-state index is 6.11. The number of aryl methyl sites for hydroxylation is 1. The number of nitrogen functional groups attached to an aromatic ring is 1. The molecule has 0 saturated carbocycles. The number of hydrogen-bond acceptors (Lipinski definition) is 7. The van der Waals surface area contributed by atoms with Crippen LogP contribution in [0.25, 0.3) is 11.0 Å². The fourth-order valence-electron chi connectivity index (χ4n) is 3.38. The van der Waals surface area contributed by atoms with Gasteiger partial charge in [0, 0.05) is 42.0 Å². The third-order valence-electron chi connectivity index (χ3n) is 4.68. The number of hydrogen-bond donors (Lipinski definition) is 2. The number of aromatic nitrogens is 3. The van der Waals surface area contributed by atoms with Crippen molar-refractivity contribution in [1.82, 2.24) is 19.9 Å². The molecule has 1 aromatic carbocycles. The number of nitrogens with one attached hydrogen (secondary N) is 1. The van der Waals surface area contributed by atoms with Crippen LogP contribution < -0.4 is 20.5 Å². The second-order valence-corrected chi connectivity index (χ2v) is 9.87. The molecule has 1 aliphatic heterocycles. The first-order valence-corrected chi connectivity index (χ1v) is 11.6. The van der Waals surface area contributed by atoms with Crippen LogP contribution >= 0.6 is 27.7 Å². The molecule has 0 unspecified atom stereocenters. The van der Waals surface area contributed by atoms with E-state index >= 15 is 0 Å². The Kier molecular flexibility index (Phi) is 5.87. The van der Waals surface area contributed by atoms with Gasteiger partial charge in [-0.25, -0.2) is 9.97 Å². The Hall–Kier alpha value is -1.97. The predicted octanol–water partition coefficient (Wildman–Crippen LogP) is 4.82. The molecule has 0 atom stereocenters. The van der Waals surface area contributed by atoms with E-state index < -0.39 is 5.79 Å². The van der Waals surface area contributed by atoms with Gasteiger partial charge in [0.1, 0.15) is 5.52 Å². The highest BCUT2D eigenvalue weighted by atomic mass is 79.9. The van der Waals surface area contributed by atoms with E-state index in [0.717, 1.165) is 56.6 Å². The summed E-state index contributed by atoms with van der Waals surface area (Å²) in [5.41, 5.74) is 7.83. The molecule has 3 N–H and O–H groups in total. The largest absolute Gasteiger partial charge is 0.449 e. The van der Waals surface area contributed by atoms with Crippen molar-refractivity contribution in [3.05, 3.63) is 28.9 Å². The Morgan fingerprint density at radius 3 is 2.73 bits per heavy atom. The van der Waals surface area contributed by atoms with Crippen molar-refractivity contribution in [1.29, 1.82) is 0 Å². The van der Waals surface area contributed by atoms with Gasteiger partial charge in [0.25, 0.3) is 0 Å². The first-order chi connectivity index (χ1) is 14.2. The number of imidazole rings is 1. The summed E-state index contributed by atoms with van der Waals surface area (Å²) in [6, 6.07) is 6.37. The molecule has 30 heavy (non-hydrogen) atoms. The van der Waals surface area contributed by atoms with E-state index in [1.807, 2.05) is 32.0 Å². The van der Waals surface area contributed by atoms with Gasteiger partial charge in [-0.15, -0.1) is 0 Å². The summed E-state index contributed by atoms with van der Waals surface area (Å²) in [4.78, 5) is 10.0. The molecule has 7 nitrogen and oxygen atoms in total. The lowest BCUT2D eigenvalue weighted by Crippen LogP contribution is -2.29. The number of halogens is 1. The normalized spacial score (nSPS) is 14.7. The number of nitrogens with zero attached hydrogens (tertiary/aromatic N) is 3. The summed E-state index contributed by atoms with van der Waals surface area (Å²) >= 11 is 5.24. The molecule has 2 aromatic heterocycles. The van der Waals surface area contributed by atoms with Gasteiger partial charge in [-0.05, 0) is 47.1 Å². The maximum Gasteiger partial charge on any atom is 0.246 e. The summed E-state index contributed by atoms with van der Waals surface area (Å²) in [5, 5.41) is 4.33. The third-order valence-corrected chi connectivity index (χ3v) is 6.65. The van der Waals surface area contributed by atoms with Gasteiger partial charge in [-0.2, -0.15) is 0 Å². The van der Waals surface area contributed by atoms with Crippen LogP contribution in [0.15, 0.2) is 38.9 Å². The molecule has 0 amide bonds. The lowest BCUT2D eigenvalue weighted by Gasteiger charge is -2.16. The standard InChI is InChI=1S/C21H26BrN5O2S/c1-12(2)24-7-5-9-27-14-6-8-25-19(23)18(14)26-20(27)30-17-11-16-15(10-13(17)22)28-21(3,4)29-16/h6,8,10-12,24H,5,7,9H2,1-4H3,(H2,23,25). The molecule has 3 heterocycles. The van der Waals surface area contributed by atoms with E-state index in [2.05, 4.69) is 44.6 Å². The minimum absolute atomic E-state index is 0.444. The van der Waals surface area contributed by atoms with Crippen LogP contribution in [-0.4, -0.2) is 32.9 Å². The van der Waals surface area contributed by atoms with Gasteiger partial charge in [0.2, 0.25) is 5.79 Å². The molecule has 160 valence electrons. The molecule has 0 aliphatic carbocycles. The second-order valence-electron chi connectivity index (χ2n) is 8.01. The molecule has 0 saturated heterocycles. The second kappa shape index (κ2) is 8.28. The van der Waals surface area contributed by atoms with E-state index in [-0.39, 0.29) is 0 Å². The smallest absolute Gasteiger partial charge is 0.246 e. The predicted molar refractivity (Wildman–Crippen MR) is 123 cm³/mol. The monoisotopic (exact) mass is 491 g/mol. The summed E-state index contributed by atoms with van der Waals surface area (Å²) in [6.45, 7) is 9.86. The Morgan fingerprint density at radius 1 is 1.27 bits per heavy atom. The Labute approximate surface area is 188 Å². The number of ether oxygens (including phenoxy) is 2. The quantitative estimate of drug-likeness (QED) is 0.457. The average molecular weight is 492 g/mol. The Balaban J connectivity index is 1.66. The minimum atomic E-state index is -0.665. The van der Waals surface area contributed by atoms with Crippen LogP contribution in [0.5, 0.6) is 11.5 Å². The van der Waals surface area contributed by atoms with Crippen molar-refractivity contribution in [2.24, 2.45) is 0 Å². The van der Waals surface area contributed by atoms with Gasteiger partial charge < -0.3 is 25.1 Å². The van der Waals surface area contributed by atoms with Crippen LogP contribution in [0.3, 0.4) is 0 Å². The van der Waals surface area contributed by atoms with Crippen LogP contribution in [0, 0.1) is 0 Å². The fraction of sp³-hybridized carbons (Fsp3) is 0.429. The lowest BCUT2D eigenvalue weighted by atomic mass is 10.3. The average Bonchev–Trinajstić information content (AvgIpc) is 3.15. The molecule has 1 aliphatic rings. The van der Waals surface area contributed by atoms with E-state index in [1.54, 1.807) is 18.0 Å². The van der Waals surface area contributed by atoms with Crippen LogP contribution in [-0.2, 0) is 6.54 Å². The molecule has 0 bridgehead atoms. The van der Waals surface area contributed by atoms with Crippen molar-refractivity contribution < 1.29 is 9.47 Å². The topological polar surface area (TPSA) is 87.2 Å². The van der Waals surface area contributed by atoms with E-state index in [0.29, 0.717) is 11.9 Å². The Morgan fingerprint density at radius 2 is 2.00 bits per heavy atom. The first kappa shape index (κ1) is 21.3. The van der Waals surface area contributed by atoms with Crippen LogP contribution in [0.4, 0.5) is 5.82 Å². The molecular formula is C21H26BrN5O2S. The third kappa shape index (κ3) is 4.38. The zero-order chi connectivity index (χ0) is 21.5. The number of rotatable bonds is 7.